The number of anilines is 1. The first-order valence-electron chi connectivity index (χ1n) is 6.11. The summed E-state index contributed by atoms with van der Waals surface area (Å²) >= 11 is 7.06. The quantitative estimate of drug-likeness (QED) is 0.456. The van der Waals surface area contributed by atoms with Gasteiger partial charge >= 0.3 is 0 Å². The van der Waals surface area contributed by atoms with E-state index in [0.29, 0.717) is 15.0 Å². The number of hydrogen-bond donors (Lipinski definition) is 3. The van der Waals surface area contributed by atoms with Crippen LogP contribution in [0.15, 0.2) is 35.4 Å². The average molecular weight is 465 g/mol. The molecule has 0 aliphatic carbocycles. The number of halogens is 1. The number of rotatable bonds is 3. The molecule has 0 aliphatic heterocycles. The summed E-state index contributed by atoms with van der Waals surface area (Å²) in [5, 5.41) is 14.4. The van der Waals surface area contributed by atoms with Gasteiger partial charge in [0.15, 0.2) is 5.11 Å². The van der Waals surface area contributed by atoms with Crippen LogP contribution in [0.3, 0.4) is 0 Å². The second-order valence-corrected chi connectivity index (χ2v) is 7.57. The van der Waals surface area contributed by atoms with Crippen LogP contribution >= 0.6 is 34.8 Å². The van der Waals surface area contributed by atoms with E-state index in [0.717, 1.165) is 0 Å². The molecule has 2 aromatic rings. The van der Waals surface area contributed by atoms with Crippen molar-refractivity contribution in [1.82, 2.24) is 15.1 Å². The topological polar surface area (TPSA) is 119 Å². The monoisotopic (exact) mass is 465 g/mol. The molecule has 122 valence electrons. The molecule has 0 saturated carbocycles. The summed E-state index contributed by atoms with van der Waals surface area (Å²) in [6, 6.07) is 5.66. The summed E-state index contributed by atoms with van der Waals surface area (Å²) in [6.07, 6.45) is 1.57. The molecule has 0 saturated heterocycles. The fraction of sp³-hybridized carbons (Fsp3) is 0.0833. The Morgan fingerprint density at radius 3 is 2.43 bits per heavy atom. The van der Waals surface area contributed by atoms with Crippen LogP contribution in [0.25, 0.3) is 0 Å². The van der Waals surface area contributed by atoms with E-state index in [-0.39, 0.29) is 10.0 Å². The van der Waals surface area contributed by atoms with E-state index in [1.54, 1.807) is 13.2 Å². The van der Waals surface area contributed by atoms with Gasteiger partial charge in [0.1, 0.15) is 5.69 Å². The Morgan fingerprint density at radius 1 is 1.35 bits per heavy atom. The maximum Gasteiger partial charge on any atom is 0.276 e. The highest BCUT2D eigenvalue weighted by molar-refractivity contribution is 14.1. The Morgan fingerprint density at radius 2 is 1.96 bits per heavy atom. The van der Waals surface area contributed by atoms with Gasteiger partial charge in [-0.15, -0.1) is 0 Å². The zero-order chi connectivity index (χ0) is 17.2. The molecule has 1 heterocycles. The van der Waals surface area contributed by atoms with Crippen LogP contribution in [-0.4, -0.2) is 29.2 Å². The van der Waals surface area contributed by atoms with E-state index in [1.165, 1.54) is 28.9 Å². The lowest BCUT2D eigenvalue weighted by atomic mass is 10.3. The van der Waals surface area contributed by atoms with Gasteiger partial charge in [0.05, 0.1) is 14.7 Å². The lowest BCUT2D eigenvalue weighted by molar-refractivity contribution is 0.0967. The molecule has 0 atom stereocenters. The molecule has 0 unspecified atom stereocenters. The Balaban J connectivity index is 2.04. The minimum atomic E-state index is -3.75. The summed E-state index contributed by atoms with van der Waals surface area (Å²) in [7, 11) is -2.09. The third kappa shape index (κ3) is 4.46. The van der Waals surface area contributed by atoms with Crippen molar-refractivity contribution < 1.29 is 13.2 Å². The number of carbonyl (C=O) groups excluding carboxylic acids is 1. The zero-order valence-corrected chi connectivity index (χ0v) is 15.6. The standard InChI is InChI=1S/C12H12IN5O3S2/c1-18-10(9(13)6-15-18)11(19)17-12(22)16-7-2-4-8(5-3-7)23(14,20)21/h2-6H,1H3,(H2,14,20,21)(H2,16,17,19,22). The Hall–Kier alpha value is -1.57. The molecule has 11 heteroatoms. The van der Waals surface area contributed by atoms with Crippen molar-refractivity contribution in [2.75, 3.05) is 5.32 Å². The molecule has 4 N–H and O–H groups in total. The Kier molecular flexibility index (Phi) is 5.33. The van der Waals surface area contributed by atoms with Gasteiger partial charge in [0.25, 0.3) is 5.91 Å². The van der Waals surface area contributed by atoms with Gasteiger partial charge in [0, 0.05) is 12.7 Å². The van der Waals surface area contributed by atoms with Crippen molar-refractivity contribution in [3.63, 3.8) is 0 Å². The summed E-state index contributed by atoms with van der Waals surface area (Å²) in [5.41, 5.74) is 0.904. The number of hydrogen-bond acceptors (Lipinski definition) is 5. The number of aromatic nitrogens is 2. The van der Waals surface area contributed by atoms with Crippen molar-refractivity contribution in [1.29, 1.82) is 0 Å². The van der Waals surface area contributed by atoms with Crippen molar-refractivity contribution in [2.24, 2.45) is 12.2 Å². The van der Waals surface area contributed by atoms with Crippen LogP contribution in [0.1, 0.15) is 10.5 Å². The first kappa shape index (κ1) is 17.8. The lowest BCUT2D eigenvalue weighted by Crippen LogP contribution is -2.35. The molecule has 2 rings (SSSR count). The maximum atomic E-state index is 12.1. The number of primary sulfonamides is 1. The number of carbonyl (C=O) groups is 1. The summed E-state index contributed by atoms with van der Waals surface area (Å²) in [5.74, 6) is -0.395. The Bertz CT molecular complexity index is 842. The fourth-order valence-corrected chi connectivity index (χ4v) is 3.16. The van der Waals surface area contributed by atoms with E-state index in [2.05, 4.69) is 15.7 Å². The van der Waals surface area contributed by atoms with Crippen LogP contribution < -0.4 is 15.8 Å². The van der Waals surface area contributed by atoms with Crippen LogP contribution in [-0.2, 0) is 17.1 Å². The Labute approximate surface area is 151 Å². The van der Waals surface area contributed by atoms with Crippen molar-refractivity contribution in [3.8, 4) is 0 Å². The van der Waals surface area contributed by atoms with Crippen LogP contribution in [0.2, 0.25) is 0 Å². The minimum Gasteiger partial charge on any atom is -0.332 e. The third-order valence-corrected chi connectivity index (χ3v) is 4.70. The first-order valence-corrected chi connectivity index (χ1v) is 9.14. The number of aryl methyl sites for hydroxylation is 1. The van der Waals surface area contributed by atoms with Crippen LogP contribution in [0, 0.1) is 3.57 Å². The molecule has 0 spiro atoms. The number of thiocarbonyl (C=S) groups is 1. The first-order chi connectivity index (χ1) is 10.7. The van der Waals surface area contributed by atoms with Crippen LogP contribution in [0.4, 0.5) is 5.69 Å². The summed E-state index contributed by atoms with van der Waals surface area (Å²) in [4.78, 5) is 12.1. The molecule has 23 heavy (non-hydrogen) atoms. The van der Waals surface area contributed by atoms with E-state index < -0.39 is 15.9 Å². The summed E-state index contributed by atoms with van der Waals surface area (Å²) < 4.78 is 24.5. The number of amides is 1. The molecule has 0 radical (unpaired) electrons. The fourth-order valence-electron chi connectivity index (χ4n) is 1.72. The van der Waals surface area contributed by atoms with Gasteiger partial charge < -0.3 is 5.32 Å². The van der Waals surface area contributed by atoms with Crippen molar-refractivity contribution in [3.05, 3.63) is 39.7 Å². The third-order valence-electron chi connectivity index (χ3n) is 2.78. The van der Waals surface area contributed by atoms with Crippen molar-refractivity contribution in [2.45, 2.75) is 4.90 Å². The predicted molar refractivity (Wildman–Crippen MR) is 97.4 cm³/mol. The molecule has 1 amide bonds. The van der Waals surface area contributed by atoms with Gasteiger partial charge in [-0.3, -0.25) is 14.8 Å². The lowest BCUT2D eigenvalue weighted by Gasteiger charge is -2.10. The number of nitrogens with one attached hydrogen (secondary N) is 2. The molecule has 1 aromatic carbocycles. The maximum absolute atomic E-state index is 12.1. The normalized spacial score (nSPS) is 11.1. The number of nitrogens with two attached hydrogens (primary N) is 1. The van der Waals surface area contributed by atoms with Gasteiger partial charge in [-0.25, -0.2) is 13.6 Å². The second kappa shape index (κ2) is 6.90. The van der Waals surface area contributed by atoms with E-state index in [9.17, 15) is 13.2 Å². The molecule has 0 aliphatic rings. The average Bonchev–Trinajstić information content (AvgIpc) is 2.77. The zero-order valence-electron chi connectivity index (χ0n) is 11.8. The molecular weight excluding hydrogens is 453 g/mol. The van der Waals surface area contributed by atoms with Gasteiger partial charge in [0.2, 0.25) is 10.0 Å². The summed E-state index contributed by atoms with van der Waals surface area (Å²) in [6.45, 7) is 0. The number of sulfonamides is 1. The predicted octanol–water partition coefficient (Wildman–Crippen LogP) is 0.799. The SMILES string of the molecule is Cn1ncc(I)c1C(=O)NC(=S)Nc1ccc(S(N)(=O)=O)cc1. The molecule has 8 nitrogen and oxygen atoms in total. The van der Waals surface area contributed by atoms with E-state index in [4.69, 9.17) is 17.4 Å². The van der Waals surface area contributed by atoms with E-state index in [1.807, 2.05) is 22.6 Å². The van der Waals surface area contributed by atoms with Gasteiger partial charge in [-0.2, -0.15) is 5.10 Å². The van der Waals surface area contributed by atoms with E-state index >= 15 is 0 Å². The highest BCUT2D eigenvalue weighted by atomic mass is 127. The van der Waals surface area contributed by atoms with Gasteiger partial charge in [-0.1, -0.05) is 0 Å². The molecule has 0 bridgehead atoms. The highest BCUT2D eigenvalue weighted by Gasteiger charge is 2.16. The van der Waals surface area contributed by atoms with Gasteiger partial charge in [-0.05, 0) is 59.1 Å². The number of benzene rings is 1. The largest absolute Gasteiger partial charge is 0.332 e. The van der Waals surface area contributed by atoms with Crippen LogP contribution in [0.5, 0.6) is 0 Å². The highest BCUT2D eigenvalue weighted by Crippen LogP contribution is 2.13. The second-order valence-electron chi connectivity index (χ2n) is 4.44. The molecular formula is C12H12IN5O3S2. The smallest absolute Gasteiger partial charge is 0.276 e. The minimum absolute atomic E-state index is 0.0116. The number of nitrogens with zero attached hydrogens (tertiary/aromatic N) is 2. The molecule has 0 fully saturated rings. The molecule has 1 aromatic heterocycles. The van der Waals surface area contributed by atoms with Crippen molar-refractivity contribution >= 4 is 61.5 Å².